The van der Waals surface area contributed by atoms with Crippen molar-refractivity contribution in [2.45, 2.75) is 38.8 Å². The summed E-state index contributed by atoms with van der Waals surface area (Å²) < 4.78 is 0. The Morgan fingerprint density at radius 1 is 1.15 bits per heavy atom. The van der Waals surface area contributed by atoms with Gasteiger partial charge in [-0.1, -0.05) is 6.07 Å². The van der Waals surface area contributed by atoms with Gasteiger partial charge in [-0.15, -0.1) is 11.3 Å². The van der Waals surface area contributed by atoms with Crippen LogP contribution in [0.4, 0.5) is 5.69 Å². The van der Waals surface area contributed by atoms with Crippen molar-refractivity contribution in [3.63, 3.8) is 0 Å². The molecule has 1 fully saturated rings. The summed E-state index contributed by atoms with van der Waals surface area (Å²) in [6.45, 7) is 4.39. The highest BCUT2D eigenvalue weighted by molar-refractivity contribution is 7.12. The Morgan fingerprint density at radius 2 is 1.89 bits per heavy atom. The third-order valence-electron chi connectivity index (χ3n) is 4.38. The smallest absolute Gasteiger partial charge is 0.265 e. The zero-order chi connectivity index (χ0) is 19.4. The molecule has 1 unspecified atom stereocenters. The molecule has 3 rings (SSSR count). The fourth-order valence-electron chi connectivity index (χ4n) is 3.13. The fourth-order valence-corrected chi connectivity index (χ4v) is 3.74. The number of hydrogen-bond donors (Lipinski definition) is 2. The van der Waals surface area contributed by atoms with Crippen molar-refractivity contribution in [3.8, 4) is 0 Å². The maximum absolute atomic E-state index is 12.8. The van der Waals surface area contributed by atoms with E-state index in [1.165, 1.54) is 11.3 Å². The van der Waals surface area contributed by atoms with Crippen LogP contribution in [0.1, 0.15) is 46.7 Å². The molecule has 142 valence electrons. The summed E-state index contributed by atoms with van der Waals surface area (Å²) >= 11 is 1.37. The normalized spacial score (nSPS) is 16.4. The zero-order valence-electron chi connectivity index (χ0n) is 15.4. The minimum Gasteiger partial charge on any atom is -0.352 e. The molecule has 0 aliphatic carbocycles. The number of benzene rings is 1. The number of nitrogens with one attached hydrogen (secondary N) is 2. The molecule has 7 heteroatoms. The molecular weight excluding hydrogens is 362 g/mol. The lowest BCUT2D eigenvalue weighted by Gasteiger charge is -2.25. The van der Waals surface area contributed by atoms with Crippen molar-refractivity contribution in [2.24, 2.45) is 0 Å². The van der Waals surface area contributed by atoms with E-state index in [9.17, 15) is 14.4 Å². The van der Waals surface area contributed by atoms with Crippen molar-refractivity contribution in [1.29, 1.82) is 0 Å². The molecule has 0 saturated carbocycles. The molecule has 1 aliphatic rings. The number of thiophene rings is 1. The molecule has 1 atom stereocenters. The van der Waals surface area contributed by atoms with Gasteiger partial charge in [0.25, 0.3) is 11.8 Å². The predicted molar refractivity (Wildman–Crippen MR) is 106 cm³/mol. The minimum absolute atomic E-state index is 0.0429. The maximum Gasteiger partial charge on any atom is 0.265 e. The Morgan fingerprint density at radius 3 is 2.52 bits per heavy atom. The van der Waals surface area contributed by atoms with E-state index in [4.69, 9.17) is 0 Å². The molecule has 1 aromatic heterocycles. The van der Waals surface area contributed by atoms with Crippen molar-refractivity contribution < 1.29 is 14.4 Å². The first-order valence-corrected chi connectivity index (χ1v) is 9.90. The molecule has 2 aromatic rings. The van der Waals surface area contributed by atoms with Gasteiger partial charge in [0.15, 0.2) is 0 Å². The number of rotatable bonds is 5. The number of hydrogen-bond acceptors (Lipinski definition) is 4. The van der Waals surface area contributed by atoms with Crippen LogP contribution >= 0.6 is 11.3 Å². The van der Waals surface area contributed by atoms with Gasteiger partial charge in [0, 0.05) is 23.8 Å². The summed E-state index contributed by atoms with van der Waals surface area (Å²) in [5, 5.41) is 7.54. The second-order valence-electron chi connectivity index (χ2n) is 6.83. The monoisotopic (exact) mass is 385 g/mol. The van der Waals surface area contributed by atoms with Crippen LogP contribution in [0.25, 0.3) is 0 Å². The topological polar surface area (TPSA) is 78.5 Å². The molecule has 1 aromatic carbocycles. The molecule has 1 aliphatic heterocycles. The van der Waals surface area contributed by atoms with Crippen LogP contribution in [0, 0.1) is 0 Å². The zero-order valence-corrected chi connectivity index (χ0v) is 16.2. The summed E-state index contributed by atoms with van der Waals surface area (Å²) in [5.41, 5.74) is 1.13. The summed E-state index contributed by atoms with van der Waals surface area (Å²) in [7, 11) is 0. The van der Waals surface area contributed by atoms with Crippen LogP contribution < -0.4 is 10.6 Å². The van der Waals surface area contributed by atoms with Gasteiger partial charge < -0.3 is 15.5 Å². The minimum atomic E-state index is -0.418. The summed E-state index contributed by atoms with van der Waals surface area (Å²) in [4.78, 5) is 39.5. The van der Waals surface area contributed by atoms with E-state index in [2.05, 4.69) is 10.6 Å². The maximum atomic E-state index is 12.8. The van der Waals surface area contributed by atoms with Gasteiger partial charge in [-0.25, -0.2) is 0 Å². The Kier molecular flexibility index (Phi) is 5.91. The molecule has 2 N–H and O–H groups in total. The average Bonchev–Trinajstić information content (AvgIpc) is 3.33. The van der Waals surface area contributed by atoms with Gasteiger partial charge in [0.1, 0.15) is 6.04 Å². The summed E-state index contributed by atoms with van der Waals surface area (Å²) in [6.07, 6.45) is 1.50. The van der Waals surface area contributed by atoms with Crippen LogP contribution in [-0.4, -0.2) is 41.2 Å². The molecule has 3 amide bonds. The molecule has 2 heterocycles. The molecule has 0 bridgehead atoms. The fraction of sp³-hybridized carbons (Fsp3) is 0.350. The number of nitrogens with zero attached hydrogens (tertiary/aromatic N) is 1. The quantitative estimate of drug-likeness (QED) is 0.830. The first-order valence-electron chi connectivity index (χ1n) is 9.02. The standard InChI is InChI=1S/C20H23N3O3S/c1-13(2)21-18(24)16-5-3-11-23(16)20(26)14-7-9-15(10-8-14)22-19(25)17-6-4-12-27-17/h4,6-10,12-13,16H,3,5,11H2,1-2H3,(H,21,24)(H,22,25). The molecule has 6 nitrogen and oxygen atoms in total. The second-order valence-corrected chi connectivity index (χ2v) is 7.78. The van der Waals surface area contributed by atoms with E-state index in [0.29, 0.717) is 29.1 Å². The number of anilines is 1. The Balaban J connectivity index is 1.66. The van der Waals surface area contributed by atoms with Crippen LogP contribution in [0.5, 0.6) is 0 Å². The SMILES string of the molecule is CC(C)NC(=O)C1CCCN1C(=O)c1ccc(NC(=O)c2cccs2)cc1. The van der Waals surface area contributed by atoms with Gasteiger partial charge in [0.2, 0.25) is 5.91 Å². The summed E-state index contributed by atoms with van der Waals surface area (Å²) in [5.74, 6) is -0.433. The van der Waals surface area contributed by atoms with E-state index in [1.54, 1.807) is 35.2 Å². The van der Waals surface area contributed by atoms with Crippen molar-refractivity contribution in [3.05, 3.63) is 52.2 Å². The lowest BCUT2D eigenvalue weighted by atomic mass is 10.1. The molecule has 27 heavy (non-hydrogen) atoms. The van der Waals surface area contributed by atoms with Crippen molar-refractivity contribution >= 4 is 34.7 Å². The van der Waals surface area contributed by atoms with Crippen LogP contribution in [-0.2, 0) is 4.79 Å². The third kappa shape index (κ3) is 4.54. The lowest BCUT2D eigenvalue weighted by Crippen LogP contribution is -2.47. The van der Waals surface area contributed by atoms with E-state index >= 15 is 0 Å². The highest BCUT2D eigenvalue weighted by Crippen LogP contribution is 2.22. The largest absolute Gasteiger partial charge is 0.352 e. The van der Waals surface area contributed by atoms with Crippen LogP contribution in [0.15, 0.2) is 41.8 Å². The molecular formula is C20H23N3O3S. The number of carbonyl (C=O) groups is 3. The molecule has 0 radical (unpaired) electrons. The third-order valence-corrected chi connectivity index (χ3v) is 5.25. The van der Waals surface area contributed by atoms with Crippen molar-refractivity contribution in [1.82, 2.24) is 10.2 Å². The van der Waals surface area contributed by atoms with Crippen LogP contribution in [0.2, 0.25) is 0 Å². The number of likely N-dealkylation sites (tertiary alicyclic amines) is 1. The number of carbonyl (C=O) groups excluding carboxylic acids is 3. The lowest BCUT2D eigenvalue weighted by molar-refractivity contribution is -0.125. The average molecular weight is 385 g/mol. The highest BCUT2D eigenvalue weighted by Gasteiger charge is 2.34. The Hall–Kier alpha value is -2.67. The Bertz CT molecular complexity index is 816. The second kappa shape index (κ2) is 8.35. The molecule has 1 saturated heterocycles. The Labute approximate surface area is 162 Å². The first kappa shape index (κ1) is 19.1. The van der Waals surface area contributed by atoms with E-state index < -0.39 is 6.04 Å². The predicted octanol–water partition coefficient (Wildman–Crippen LogP) is 3.13. The van der Waals surface area contributed by atoms with Gasteiger partial charge in [-0.2, -0.15) is 0 Å². The van der Waals surface area contributed by atoms with Gasteiger partial charge >= 0.3 is 0 Å². The van der Waals surface area contributed by atoms with Gasteiger partial charge in [-0.05, 0) is 62.4 Å². The van der Waals surface area contributed by atoms with Gasteiger partial charge in [0.05, 0.1) is 4.88 Å². The van der Waals surface area contributed by atoms with Gasteiger partial charge in [-0.3, -0.25) is 14.4 Å². The van der Waals surface area contributed by atoms with Crippen LogP contribution in [0.3, 0.4) is 0 Å². The van der Waals surface area contributed by atoms with E-state index in [1.807, 2.05) is 25.3 Å². The highest BCUT2D eigenvalue weighted by atomic mass is 32.1. The van der Waals surface area contributed by atoms with E-state index in [0.717, 1.165) is 6.42 Å². The molecule has 0 spiro atoms. The first-order chi connectivity index (χ1) is 13.0. The summed E-state index contributed by atoms with van der Waals surface area (Å²) in [6, 6.07) is 9.98. The number of amides is 3. The van der Waals surface area contributed by atoms with E-state index in [-0.39, 0.29) is 23.8 Å². The van der Waals surface area contributed by atoms with Crippen molar-refractivity contribution in [2.75, 3.05) is 11.9 Å².